The number of rotatable bonds is 7. The molecule has 1 aliphatic carbocycles. The van der Waals surface area contributed by atoms with Crippen molar-refractivity contribution in [3.63, 3.8) is 0 Å². The van der Waals surface area contributed by atoms with Crippen molar-refractivity contribution >= 4 is 45.8 Å². The minimum Gasteiger partial charge on any atom is -0.316 e. The summed E-state index contributed by atoms with van der Waals surface area (Å²) in [7, 11) is 0. The van der Waals surface area contributed by atoms with Crippen LogP contribution >= 0.6 is 34.9 Å². The SMILES string of the molecule is CCSCc1cc(=O)[nH]c(SCC(=O)Nc2sc3c(c2C#N)CCC3)n1. The molecule has 0 saturated carbocycles. The summed E-state index contributed by atoms with van der Waals surface area (Å²) in [6.07, 6.45) is 2.96. The Kier molecular flexibility index (Phi) is 6.40. The second kappa shape index (κ2) is 8.75. The Morgan fingerprint density at radius 1 is 1.50 bits per heavy atom. The number of thioether (sulfide) groups is 2. The number of nitrogens with zero attached hydrogens (tertiary/aromatic N) is 2. The van der Waals surface area contributed by atoms with Gasteiger partial charge in [0.25, 0.3) is 5.56 Å². The number of aryl methyl sites for hydroxylation is 1. The summed E-state index contributed by atoms with van der Waals surface area (Å²) >= 11 is 4.37. The molecule has 0 radical (unpaired) electrons. The topological polar surface area (TPSA) is 98.6 Å². The maximum absolute atomic E-state index is 12.3. The number of nitrogens with one attached hydrogen (secondary N) is 2. The van der Waals surface area contributed by atoms with E-state index in [4.69, 9.17) is 0 Å². The highest BCUT2D eigenvalue weighted by Crippen LogP contribution is 2.38. The molecule has 2 heterocycles. The number of hydrogen-bond donors (Lipinski definition) is 2. The third-order valence-corrected chi connectivity index (χ3v) is 6.84. The van der Waals surface area contributed by atoms with Crippen molar-refractivity contribution in [2.24, 2.45) is 0 Å². The smallest absolute Gasteiger partial charge is 0.251 e. The van der Waals surface area contributed by atoms with E-state index in [0.717, 1.165) is 30.6 Å². The van der Waals surface area contributed by atoms with Crippen LogP contribution in [0.15, 0.2) is 16.0 Å². The Hall–Kier alpha value is -1.76. The van der Waals surface area contributed by atoms with E-state index in [1.54, 1.807) is 11.8 Å². The van der Waals surface area contributed by atoms with Crippen molar-refractivity contribution in [3.05, 3.63) is 38.1 Å². The Labute approximate surface area is 163 Å². The first-order chi connectivity index (χ1) is 12.6. The van der Waals surface area contributed by atoms with Gasteiger partial charge in [-0.25, -0.2) is 4.98 Å². The normalized spacial score (nSPS) is 12.6. The monoisotopic (exact) mass is 406 g/mol. The van der Waals surface area contributed by atoms with Gasteiger partial charge >= 0.3 is 0 Å². The standard InChI is InChI=1S/C17H18N4O2S3/c1-2-24-8-10-6-14(22)21-17(19-10)25-9-15(23)20-16-12(7-18)11-4-3-5-13(11)26-16/h6H,2-5,8-9H2,1H3,(H,20,23)(H,19,21,22). The largest absolute Gasteiger partial charge is 0.316 e. The lowest BCUT2D eigenvalue weighted by Gasteiger charge is -2.05. The molecule has 0 saturated heterocycles. The highest BCUT2D eigenvalue weighted by Gasteiger charge is 2.23. The minimum atomic E-state index is -0.212. The zero-order chi connectivity index (χ0) is 18.5. The fourth-order valence-corrected chi connectivity index (χ4v) is 5.25. The average molecular weight is 407 g/mol. The summed E-state index contributed by atoms with van der Waals surface area (Å²) in [4.78, 5) is 32.2. The van der Waals surface area contributed by atoms with Crippen molar-refractivity contribution in [1.29, 1.82) is 5.26 Å². The Morgan fingerprint density at radius 3 is 3.12 bits per heavy atom. The molecule has 0 fully saturated rings. The summed E-state index contributed by atoms with van der Waals surface area (Å²) in [6, 6.07) is 3.70. The molecular formula is C17H18N4O2S3. The summed E-state index contributed by atoms with van der Waals surface area (Å²) in [5.74, 6) is 1.54. The van der Waals surface area contributed by atoms with Gasteiger partial charge < -0.3 is 10.3 Å². The molecule has 0 atom stereocenters. The van der Waals surface area contributed by atoms with Gasteiger partial charge in [-0.15, -0.1) is 11.3 Å². The molecule has 2 N–H and O–H groups in total. The Morgan fingerprint density at radius 2 is 2.35 bits per heavy atom. The van der Waals surface area contributed by atoms with Crippen LogP contribution in [0, 0.1) is 11.3 Å². The molecule has 9 heteroatoms. The molecule has 0 unspecified atom stereocenters. The fraction of sp³-hybridized carbons (Fsp3) is 0.412. The van der Waals surface area contributed by atoms with Crippen molar-refractivity contribution in [2.45, 2.75) is 37.1 Å². The van der Waals surface area contributed by atoms with Crippen LogP contribution in [0.1, 0.15) is 35.0 Å². The van der Waals surface area contributed by atoms with E-state index in [0.29, 0.717) is 27.2 Å². The zero-order valence-corrected chi connectivity index (χ0v) is 16.7. The van der Waals surface area contributed by atoms with Gasteiger partial charge in [-0.1, -0.05) is 18.7 Å². The summed E-state index contributed by atoms with van der Waals surface area (Å²) in [6.45, 7) is 2.05. The maximum Gasteiger partial charge on any atom is 0.251 e. The van der Waals surface area contributed by atoms with Gasteiger partial charge in [0.15, 0.2) is 5.16 Å². The molecule has 0 bridgehead atoms. The van der Waals surface area contributed by atoms with E-state index >= 15 is 0 Å². The average Bonchev–Trinajstić information content (AvgIpc) is 3.18. The van der Waals surface area contributed by atoms with Crippen molar-refractivity contribution < 1.29 is 4.79 Å². The minimum absolute atomic E-state index is 0.126. The first-order valence-corrected chi connectivity index (χ1v) is 11.2. The molecular weight excluding hydrogens is 388 g/mol. The van der Waals surface area contributed by atoms with Gasteiger partial charge in [0.2, 0.25) is 5.91 Å². The number of carbonyl (C=O) groups excluding carboxylic acids is 1. The molecule has 3 rings (SSSR count). The van der Waals surface area contributed by atoms with Gasteiger partial charge in [-0.05, 0) is 30.6 Å². The molecule has 0 spiro atoms. The van der Waals surface area contributed by atoms with E-state index in [1.165, 1.54) is 34.0 Å². The van der Waals surface area contributed by atoms with E-state index < -0.39 is 0 Å². The van der Waals surface area contributed by atoms with Crippen LogP contribution in [0.4, 0.5) is 5.00 Å². The second-order valence-electron chi connectivity index (χ2n) is 5.69. The molecule has 0 aromatic carbocycles. The lowest BCUT2D eigenvalue weighted by atomic mass is 10.1. The van der Waals surface area contributed by atoms with Gasteiger partial charge in [0, 0.05) is 16.7 Å². The van der Waals surface area contributed by atoms with Crippen LogP contribution in [-0.2, 0) is 23.4 Å². The highest BCUT2D eigenvalue weighted by molar-refractivity contribution is 7.99. The van der Waals surface area contributed by atoms with Gasteiger partial charge in [0.1, 0.15) is 11.1 Å². The summed E-state index contributed by atoms with van der Waals surface area (Å²) in [5, 5.41) is 13.3. The molecule has 1 aliphatic rings. The third-order valence-electron chi connectivity index (χ3n) is 3.85. The molecule has 26 heavy (non-hydrogen) atoms. The molecule has 6 nitrogen and oxygen atoms in total. The number of thiophene rings is 1. The van der Waals surface area contributed by atoms with Gasteiger partial charge in [-0.2, -0.15) is 17.0 Å². The molecule has 1 amide bonds. The fourth-order valence-electron chi connectivity index (χ4n) is 2.74. The van der Waals surface area contributed by atoms with Crippen LogP contribution in [0.2, 0.25) is 0 Å². The second-order valence-corrected chi connectivity index (χ2v) is 9.03. The molecule has 0 aliphatic heterocycles. The van der Waals surface area contributed by atoms with E-state index in [-0.39, 0.29) is 17.2 Å². The van der Waals surface area contributed by atoms with Crippen molar-refractivity contribution in [1.82, 2.24) is 9.97 Å². The van der Waals surface area contributed by atoms with Crippen LogP contribution < -0.4 is 10.9 Å². The molecule has 2 aromatic rings. The predicted molar refractivity (Wildman–Crippen MR) is 107 cm³/mol. The van der Waals surface area contributed by atoms with E-state index in [1.807, 2.05) is 6.92 Å². The number of fused-ring (bicyclic) bond motifs is 1. The van der Waals surface area contributed by atoms with Crippen LogP contribution in [0.5, 0.6) is 0 Å². The number of aromatic amines is 1. The molecule has 2 aromatic heterocycles. The van der Waals surface area contributed by atoms with Crippen molar-refractivity contribution in [3.8, 4) is 6.07 Å². The Balaban J connectivity index is 1.62. The van der Waals surface area contributed by atoms with Gasteiger partial charge in [0.05, 0.1) is 17.0 Å². The summed E-state index contributed by atoms with van der Waals surface area (Å²) in [5.41, 5.74) is 2.19. The number of aromatic nitrogens is 2. The number of hydrogen-bond acceptors (Lipinski definition) is 7. The first-order valence-electron chi connectivity index (χ1n) is 8.26. The number of nitriles is 1. The number of amides is 1. The molecule has 136 valence electrons. The van der Waals surface area contributed by atoms with Crippen LogP contribution in [0.25, 0.3) is 0 Å². The highest BCUT2D eigenvalue weighted by atomic mass is 32.2. The summed E-state index contributed by atoms with van der Waals surface area (Å²) < 4.78 is 0. The number of anilines is 1. The number of H-pyrrole nitrogens is 1. The van der Waals surface area contributed by atoms with E-state index in [9.17, 15) is 14.9 Å². The quantitative estimate of drug-likeness (QED) is 0.541. The lowest BCUT2D eigenvalue weighted by molar-refractivity contribution is -0.113. The van der Waals surface area contributed by atoms with Crippen molar-refractivity contribution in [2.75, 3.05) is 16.8 Å². The van der Waals surface area contributed by atoms with Gasteiger partial charge in [-0.3, -0.25) is 9.59 Å². The zero-order valence-electron chi connectivity index (χ0n) is 14.3. The van der Waals surface area contributed by atoms with E-state index in [2.05, 4.69) is 21.4 Å². The van der Waals surface area contributed by atoms with Crippen LogP contribution in [0.3, 0.4) is 0 Å². The maximum atomic E-state index is 12.3. The Bertz CT molecular complexity index is 914. The third kappa shape index (κ3) is 4.50. The first kappa shape index (κ1) is 19.0. The predicted octanol–water partition coefficient (Wildman–Crippen LogP) is 3.18. The number of carbonyl (C=O) groups is 1. The van der Waals surface area contributed by atoms with Crippen LogP contribution in [-0.4, -0.2) is 27.4 Å². The lowest BCUT2D eigenvalue weighted by Crippen LogP contribution is -2.15.